The van der Waals surface area contributed by atoms with Gasteiger partial charge in [0, 0.05) is 10.9 Å². The van der Waals surface area contributed by atoms with Crippen molar-refractivity contribution in [3.8, 4) is 11.3 Å². The molecule has 0 fully saturated rings. The first-order chi connectivity index (χ1) is 6.29. The van der Waals surface area contributed by atoms with Crippen molar-refractivity contribution in [2.45, 2.75) is 6.92 Å². The molecule has 66 valence electrons. The maximum absolute atomic E-state index is 13.4. The summed E-state index contributed by atoms with van der Waals surface area (Å²) in [5, 5.41) is 1.85. The molecule has 13 heavy (non-hydrogen) atoms. The molecule has 0 amide bonds. The molecular formula is C10H8FNS. The average molecular weight is 193 g/mol. The van der Waals surface area contributed by atoms with Gasteiger partial charge in [-0.25, -0.2) is 9.37 Å². The molecule has 0 saturated carbocycles. The van der Waals surface area contributed by atoms with Crippen molar-refractivity contribution in [3.63, 3.8) is 0 Å². The van der Waals surface area contributed by atoms with Crippen molar-refractivity contribution >= 4 is 11.3 Å². The first-order valence-electron chi connectivity index (χ1n) is 3.92. The molecule has 0 bridgehead atoms. The van der Waals surface area contributed by atoms with E-state index < -0.39 is 0 Å². The van der Waals surface area contributed by atoms with E-state index in [0.717, 1.165) is 11.3 Å². The van der Waals surface area contributed by atoms with Crippen LogP contribution in [0, 0.1) is 12.7 Å². The van der Waals surface area contributed by atoms with E-state index >= 15 is 0 Å². The molecule has 0 saturated heterocycles. The van der Waals surface area contributed by atoms with Crippen LogP contribution >= 0.6 is 11.3 Å². The summed E-state index contributed by atoms with van der Waals surface area (Å²) >= 11 is 1.47. The Balaban J connectivity index is 2.64. The topological polar surface area (TPSA) is 12.9 Å². The van der Waals surface area contributed by atoms with Crippen LogP contribution in [0.5, 0.6) is 0 Å². The van der Waals surface area contributed by atoms with E-state index in [2.05, 4.69) is 4.98 Å². The average Bonchev–Trinajstić information content (AvgIpc) is 2.57. The highest BCUT2D eigenvalue weighted by Crippen LogP contribution is 2.25. The Hall–Kier alpha value is -1.22. The lowest BCUT2D eigenvalue weighted by Crippen LogP contribution is -1.87. The van der Waals surface area contributed by atoms with Crippen molar-refractivity contribution in [3.05, 3.63) is 40.5 Å². The van der Waals surface area contributed by atoms with Gasteiger partial charge in [-0.05, 0) is 18.6 Å². The zero-order valence-corrected chi connectivity index (χ0v) is 7.94. The summed E-state index contributed by atoms with van der Waals surface area (Å²) in [4.78, 5) is 4.09. The number of hydrogen-bond donors (Lipinski definition) is 0. The highest BCUT2D eigenvalue weighted by Gasteiger charge is 2.08. The monoisotopic (exact) mass is 193 g/mol. The summed E-state index contributed by atoms with van der Waals surface area (Å²) in [6.07, 6.45) is 0. The first kappa shape index (κ1) is 8.38. The fraction of sp³-hybridized carbons (Fsp3) is 0.100. The van der Waals surface area contributed by atoms with Gasteiger partial charge in [0.2, 0.25) is 0 Å². The number of thiazole rings is 1. The Morgan fingerprint density at radius 2 is 2.23 bits per heavy atom. The fourth-order valence-electron chi connectivity index (χ4n) is 1.29. The maximum Gasteiger partial charge on any atom is 0.132 e. The minimum absolute atomic E-state index is 0.203. The second-order valence-electron chi connectivity index (χ2n) is 2.81. The summed E-state index contributed by atoms with van der Waals surface area (Å²) in [7, 11) is 0. The molecule has 3 heteroatoms. The molecule has 0 aliphatic carbocycles. The minimum Gasteiger partial charge on any atom is -0.245 e. The smallest absolute Gasteiger partial charge is 0.132 e. The van der Waals surface area contributed by atoms with E-state index in [9.17, 15) is 4.39 Å². The van der Waals surface area contributed by atoms with E-state index in [1.807, 2.05) is 18.4 Å². The van der Waals surface area contributed by atoms with E-state index in [-0.39, 0.29) is 5.82 Å². The maximum atomic E-state index is 13.4. The van der Waals surface area contributed by atoms with Gasteiger partial charge in [0.05, 0.1) is 11.2 Å². The molecule has 2 aromatic rings. The van der Waals surface area contributed by atoms with Gasteiger partial charge in [0.15, 0.2) is 0 Å². The molecule has 1 aromatic carbocycles. The summed E-state index contributed by atoms with van der Waals surface area (Å²) in [6.45, 7) is 1.89. The van der Waals surface area contributed by atoms with Crippen LogP contribution in [-0.2, 0) is 0 Å². The molecular weight excluding hydrogens is 185 g/mol. The third-order valence-corrected chi connectivity index (χ3v) is 2.50. The Kier molecular flexibility index (Phi) is 2.10. The van der Waals surface area contributed by atoms with Crippen molar-refractivity contribution < 1.29 is 4.39 Å². The third-order valence-electron chi connectivity index (χ3n) is 1.91. The second-order valence-corrected chi connectivity index (χ2v) is 3.52. The van der Waals surface area contributed by atoms with Crippen molar-refractivity contribution in [2.75, 3.05) is 0 Å². The number of aromatic nitrogens is 1. The lowest BCUT2D eigenvalue weighted by Gasteiger charge is -2.02. The van der Waals surface area contributed by atoms with Gasteiger partial charge in [-0.2, -0.15) is 0 Å². The Morgan fingerprint density at radius 3 is 2.85 bits per heavy atom. The number of nitrogens with zero attached hydrogens (tertiary/aromatic N) is 1. The molecule has 1 aromatic heterocycles. The van der Waals surface area contributed by atoms with Crippen LogP contribution in [0.3, 0.4) is 0 Å². The SMILES string of the molecule is Cc1cccc(F)c1-c1cscn1. The molecule has 0 aliphatic rings. The molecule has 1 nitrogen and oxygen atoms in total. The second kappa shape index (κ2) is 3.26. The van der Waals surface area contributed by atoms with Gasteiger partial charge in [0.25, 0.3) is 0 Å². The van der Waals surface area contributed by atoms with Gasteiger partial charge < -0.3 is 0 Å². The van der Waals surface area contributed by atoms with Crippen molar-refractivity contribution in [2.24, 2.45) is 0 Å². The molecule has 0 unspecified atom stereocenters. The largest absolute Gasteiger partial charge is 0.245 e. The lowest BCUT2D eigenvalue weighted by atomic mass is 10.1. The summed E-state index contributed by atoms with van der Waals surface area (Å²) in [5.74, 6) is -0.203. The molecule has 0 radical (unpaired) electrons. The van der Waals surface area contributed by atoms with Crippen LogP contribution < -0.4 is 0 Å². The summed E-state index contributed by atoms with van der Waals surface area (Å²) in [5.41, 5.74) is 3.97. The van der Waals surface area contributed by atoms with Crippen LogP contribution in [0.2, 0.25) is 0 Å². The molecule has 1 heterocycles. The number of benzene rings is 1. The van der Waals surface area contributed by atoms with E-state index in [4.69, 9.17) is 0 Å². The first-order valence-corrected chi connectivity index (χ1v) is 4.87. The predicted molar refractivity (Wildman–Crippen MR) is 52.2 cm³/mol. The van der Waals surface area contributed by atoms with Gasteiger partial charge >= 0.3 is 0 Å². The lowest BCUT2D eigenvalue weighted by molar-refractivity contribution is 0.630. The normalized spacial score (nSPS) is 10.3. The summed E-state index contributed by atoms with van der Waals surface area (Å²) < 4.78 is 13.4. The van der Waals surface area contributed by atoms with E-state index in [1.54, 1.807) is 11.6 Å². The van der Waals surface area contributed by atoms with Crippen LogP contribution in [0.4, 0.5) is 4.39 Å². The van der Waals surface area contributed by atoms with Crippen LogP contribution in [0.1, 0.15) is 5.56 Å². The van der Waals surface area contributed by atoms with E-state index in [0.29, 0.717) is 5.56 Å². The molecule has 0 atom stereocenters. The third kappa shape index (κ3) is 1.47. The van der Waals surface area contributed by atoms with Crippen LogP contribution in [0.25, 0.3) is 11.3 Å². The highest BCUT2D eigenvalue weighted by molar-refractivity contribution is 7.07. The molecule has 0 N–H and O–H groups in total. The Morgan fingerprint density at radius 1 is 1.38 bits per heavy atom. The predicted octanol–water partition coefficient (Wildman–Crippen LogP) is 3.26. The van der Waals surface area contributed by atoms with Crippen LogP contribution in [-0.4, -0.2) is 4.98 Å². The summed E-state index contributed by atoms with van der Waals surface area (Å²) in [6, 6.07) is 5.06. The number of halogens is 1. The Labute approximate surface area is 79.9 Å². The van der Waals surface area contributed by atoms with E-state index in [1.165, 1.54) is 17.4 Å². The van der Waals surface area contributed by atoms with Crippen molar-refractivity contribution in [1.29, 1.82) is 0 Å². The zero-order valence-electron chi connectivity index (χ0n) is 7.12. The molecule has 2 rings (SSSR count). The number of aryl methyl sites for hydroxylation is 1. The standard InChI is InChI=1S/C10H8FNS/c1-7-3-2-4-8(11)10(7)9-5-13-6-12-9/h2-6H,1H3. The van der Waals surface area contributed by atoms with Crippen LogP contribution in [0.15, 0.2) is 29.1 Å². The van der Waals surface area contributed by atoms with Gasteiger partial charge in [-0.15, -0.1) is 11.3 Å². The number of hydrogen-bond acceptors (Lipinski definition) is 2. The Bertz CT molecular complexity index is 389. The zero-order chi connectivity index (χ0) is 9.26. The highest BCUT2D eigenvalue weighted by atomic mass is 32.1. The molecule has 0 aliphatic heterocycles. The van der Waals surface area contributed by atoms with Gasteiger partial charge in [-0.1, -0.05) is 12.1 Å². The van der Waals surface area contributed by atoms with Gasteiger partial charge in [-0.3, -0.25) is 0 Å². The quantitative estimate of drug-likeness (QED) is 0.677. The fourth-order valence-corrected chi connectivity index (χ4v) is 1.84. The minimum atomic E-state index is -0.203. The van der Waals surface area contributed by atoms with Crippen molar-refractivity contribution in [1.82, 2.24) is 4.98 Å². The molecule has 0 spiro atoms. The van der Waals surface area contributed by atoms with Gasteiger partial charge in [0.1, 0.15) is 5.82 Å². The number of rotatable bonds is 1.